The topological polar surface area (TPSA) is 86.8 Å². The van der Waals surface area contributed by atoms with E-state index in [9.17, 15) is 18.0 Å². The Morgan fingerprint density at radius 2 is 1.86 bits per heavy atom. The highest BCUT2D eigenvalue weighted by Gasteiger charge is 2.40. The molecule has 0 spiro atoms. The molecule has 0 aliphatic carbocycles. The van der Waals surface area contributed by atoms with E-state index >= 15 is 0 Å². The molecule has 1 fully saturated rings. The number of rotatable bonds is 7. The van der Waals surface area contributed by atoms with Gasteiger partial charge in [-0.1, -0.05) is 43.2 Å². The van der Waals surface area contributed by atoms with E-state index in [1.54, 1.807) is 29.2 Å². The molecule has 0 unspecified atom stereocenters. The van der Waals surface area contributed by atoms with Gasteiger partial charge in [0.2, 0.25) is 15.9 Å². The zero-order valence-corrected chi connectivity index (χ0v) is 20.8. The molecule has 0 aromatic heterocycles. The third-order valence-corrected chi connectivity index (χ3v) is 8.83. The van der Waals surface area contributed by atoms with Crippen molar-refractivity contribution >= 4 is 44.0 Å². The molecule has 1 saturated heterocycles. The van der Waals surface area contributed by atoms with Crippen molar-refractivity contribution in [2.45, 2.75) is 50.5 Å². The minimum atomic E-state index is -3.79. The maximum absolute atomic E-state index is 13.4. The summed E-state index contributed by atoms with van der Waals surface area (Å²) < 4.78 is 27.9. The molecule has 2 amide bonds. The highest BCUT2D eigenvalue weighted by molar-refractivity contribution is 7.89. The zero-order valence-electron chi connectivity index (χ0n) is 20.0. The summed E-state index contributed by atoms with van der Waals surface area (Å²) in [6.45, 7) is 4.95. The van der Waals surface area contributed by atoms with E-state index in [1.807, 2.05) is 37.3 Å². The third kappa shape index (κ3) is 4.00. The normalized spacial score (nSPS) is 17.9. The summed E-state index contributed by atoms with van der Waals surface area (Å²) in [7, 11) is -3.79. The zero-order chi connectivity index (χ0) is 24.7. The molecule has 0 saturated carbocycles. The lowest BCUT2D eigenvalue weighted by atomic mass is 10.0. The second kappa shape index (κ2) is 9.09. The summed E-state index contributed by atoms with van der Waals surface area (Å²) in [5, 5.41) is 4.59. The maximum Gasteiger partial charge on any atom is 0.258 e. The summed E-state index contributed by atoms with van der Waals surface area (Å²) in [4.78, 5) is 28.4. The van der Waals surface area contributed by atoms with Gasteiger partial charge in [0.15, 0.2) is 0 Å². The van der Waals surface area contributed by atoms with Crippen molar-refractivity contribution in [3.05, 3.63) is 65.7 Å². The molecule has 0 radical (unpaired) electrons. The van der Waals surface area contributed by atoms with Gasteiger partial charge in [-0.3, -0.25) is 9.59 Å². The van der Waals surface area contributed by atoms with Gasteiger partial charge in [0.05, 0.1) is 10.6 Å². The number of aryl methyl sites for hydroxylation is 1. The van der Waals surface area contributed by atoms with Crippen molar-refractivity contribution in [2.24, 2.45) is 0 Å². The van der Waals surface area contributed by atoms with Gasteiger partial charge < -0.3 is 10.2 Å². The van der Waals surface area contributed by atoms with Crippen LogP contribution < -0.4 is 10.2 Å². The molecule has 0 bridgehead atoms. The molecule has 5 rings (SSSR count). The van der Waals surface area contributed by atoms with Crippen LogP contribution in [0.2, 0.25) is 0 Å². The molecule has 182 valence electrons. The predicted octanol–water partition coefficient (Wildman–Crippen LogP) is 4.70. The van der Waals surface area contributed by atoms with E-state index in [1.165, 1.54) is 4.31 Å². The van der Waals surface area contributed by atoms with E-state index in [2.05, 4.69) is 12.2 Å². The van der Waals surface area contributed by atoms with E-state index in [4.69, 9.17) is 0 Å². The maximum atomic E-state index is 13.4. The van der Waals surface area contributed by atoms with E-state index in [0.717, 1.165) is 34.9 Å². The Labute approximate surface area is 205 Å². The number of amides is 2. The van der Waals surface area contributed by atoms with Crippen LogP contribution in [0, 0.1) is 6.92 Å². The van der Waals surface area contributed by atoms with Crippen LogP contribution in [-0.2, 0) is 14.8 Å². The van der Waals surface area contributed by atoms with E-state index in [0.29, 0.717) is 37.2 Å². The molecular formula is C27H29N3O4S. The van der Waals surface area contributed by atoms with E-state index < -0.39 is 16.1 Å². The lowest BCUT2D eigenvalue weighted by Crippen LogP contribution is -2.43. The number of sulfonamides is 1. The highest BCUT2D eigenvalue weighted by atomic mass is 32.2. The highest BCUT2D eigenvalue weighted by Crippen LogP contribution is 2.41. The van der Waals surface area contributed by atoms with Crippen molar-refractivity contribution in [1.29, 1.82) is 0 Å². The van der Waals surface area contributed by atoms with Crippen LogP contribution in [0.1, 0.15) is 48.5 Å². The van der Waals surface area contributed by atoms with Gasteiger partial charge in [0, 0.05) is 35.1 Å². The van der Waals surface area contributed by atoms with Gasteiger partial charge in [-0.25, -0.2) is 8.42 Å². The van der Waals surface area contributed by atoms with Crippen molar-refractivity contribution in [1.82, 2.24) is 4.31 Å². The third-order valence-electron chi connectivity index (χ3n) is 6.91. The summed E-state index contributed by atoms with van der Waals surface area (Å²) in [5.74, 6) is -0.375. The summed E-state index contributed by atoms with van der Waals surface area (Å²) in [6.07, 6.45) is 2.98. The second-order valence-electron chi connectivity index (χ2n) is 9.25. The monoisotopic (exact) mass is 491 g/mol. The van der Waals surface area contributed by atoms with Gasteiger partial charge in [0.1, 0.15) is 6.04 Å². The number of benzene rings is 3. The average molecular weight is 492 g/mol. The quantitative estimate of drug-likeness (QED) is 0.519. The molecule has 1 N–H and O–H groups in total. The summed E-state index contributed by atoms with van der Waals surface area (Å²) in [5.41, 5.74) is 3.05. The van der Waals surface area contributed by atoms with Crippen LogP contribution in [0.3, 0.4) is 0 Å². The van der Waals surface area contributed by atoms with Crippen LogP contribution in [-0.4, -0.2) is 43.7 Å². The van der Waals surface area contributed by atoms with Crippen LogP contribution >= 0.6 is 0 Å². The van der Waals surface area contributed by atoms with Crippen molar-refractivity contribution in [3.63, 3.8) is 0 Å². The summed E-state index contributed by atoms with van der Waals surface area (Å²) in [6, 6.07) is 15.1. The fraction of sp³-hybridized carbons (Fsp3) is 0.333. The van der Waals surface area contributed by atoms with Crippen molar-refractivity contribution in [3.8, 4) is 0 Å². The van der Waals surface area contributed by atoms with Gasteiger partial charge in [-0.2, -0.15) is 4.31 Å². The Morgan fingerprint density at radius 3 is 2.60 bits per heavy atom. The molecule has 2 aliphatic heterocycles. The fourth-order valence-corrected chi connectivity index (χ4v) is 6.70. The number of anilines is 2. The molecule has 1 atom stereocenters. The number of nitrogens with zero attached hydrogens (tertiary/aromatic N) is 2. The molecule has 35 heavy (non-hydrogen) atoms. The molecule has 8 heteroatoms. The minimum Gasteiger partial charge on any atom is -0.324 e. The summed E-state index contributed by atoms with van der Waals surface area (Å²) >= 11 is 0. The Morgan fingerprint density at radius 1 is 1.09 bits per heavy atom. The lowest BCUT2D eigenvalue weighted by Gasteiger charge is -2.24. The first kappa shape index (κ1) is 23.5. The first-order valence-electron chi connectivity index (χ1n) is 12.1. The molecular weight excluding hydrogens is 462 g/mol. The smallest absolute Gasteiger partial charge is 0.258 e. The number of nitrogens with one attached hydrogen (secondary N) is 1. The Kier molecular flexibility index (Phi) is 6.11. The van der Waals surface area contributed by atoms with Gasteiger partial charge in [0.25, 0.3) is 5.91 Å². The molecule has 7 nitrogen and oxygen atoms in total. The van der Waals surface area contributed by atoms with Crippen LogP contribution in [0.25, 0.3) is 10.8 Å². The predicted molar refractivity (Wildman–Crippen MR) is 137 cm³/mol. The number of carbonyl (C=O) groups is 2. The largest absolute Gasteiger partial charge is 0.324 e. The molecule has 3 aromatic carbocycles. The standard InChI is InChI=1S/C27H29N3O4S/c1-3-4-16-29-23-15-14-22(20-7-5-8-21(25(20)23)27(29)32)28-26(31)24-9-6-17-30(24)35(33,34)19-12-10-18(2)11-13-19/h5,7-8,10-15,24H,3-4,6,9,16-17H2,1-2H3,(H,28,31)/t24-/m1/s1. The van der Waals surface area contributed by atoms with Gasteiger partial charge in [-0.15, -0.1) is 0 Å². The SMILES string of the molecule is CCCCN1C(=O)c2cccc3c(NC(=O)[C@H]4CCCN4S(=O)(=O)c4ccc(C)cc4)ccc1c23. The van der Waals surface area contributed by atoms with Crippen LogP contribution in [0.15, 0.2) is 59.5 Å². The van der Waals surface area contributed by atoms with Gasteiger partial charge >= 0.3 is 0 Å². The Balaban J connectivity index is 1.44. The first-order chi connectivity index (χ1) is 16.8. The number of unbranched alkanes of at least 4 members (excludes halogenated alkanes) is 1. The lowest BCUT2D eigenvalue weighted by molar-refractivity contribution is -0.119. The van der Waals surface area contributed by atoms with Crippen LogP contribution in [0.4, 0.5) is 11.4 Å². The molecule has 2 aliphatic rings. The van der Waals surface area contributed by atoms with Crippen molar-refractivity contribution < 1.29 is 18.0 Å². The Bertz CT molecular complexity index is 1420. The Hall–Kier alpha value is -3.23. The number of carbonyl (C=O) groups excluding carboxylic acids is 2. The fourth-order valence-electron chi connectivity index (χ4n) is 5.04. The van der Waals surface area contributed by atoms with E-state index in [-0.39, 0.29) is 16.7 Å². The number of hydrogen-bond donors (Lipinski definition) is 1. The van der Waals surface area contributed by atoms with Gasteiger partial charge in [-0.05, 0) is 56.5 Å². The first-order valence-corrected chi connectivity index (χ1v) is 13.5. The van der Waals surface area contributed by atoms with Crippen LogP contribution in [0.5, 0.6) is 0 Å². The molecule has 2 heterocycles. The average Bonchev–Trinajstić information content (AvgIpc) is 3.45. The number of hydrogen-bond acceptors (Lipinski definition) is 4. The van der Waals surface area contributed by atoms with Crippen molar-refractivity contribution in [2.75, 3.05) is 23.3 Å². The minimum absolute atomic E-state index is 0.0197. The molecule has 3 aromatic rings. The second-order valence-corrected chi connectivity index (χ2v) is 11.1.